The van der Waals surface area contributed by atoms with Gasteiger partial charge in [0.1, 0.15) is 22.8 Å². The molecule has 0 spiro atoms. The molecule has 2 aromatic carbocycles. The number of ketones is 1. The number of hydrogen-bond acceptors (Lipinski definition) is 4. The molecule has 0 unspecified atom stereocenters. The van der Waals surface area contributed by atoms with Gasteiger partial charge in [-0.25, -0.2) is 0 Å². The van der Waals surface area contributed by atoms with Crippen LogP contribution in [0.5, 0.6) is 17.2 Å². The fourth-order valence-corrected chi connectivity index (χ4v) is 1.99. The summed E-state index contributed by atoms with van der Waals surface area (Å²) in [6, 6.07) is 12.1. The second-order valence-corrected chi connectivity index (χ2v) is 4.29. The smallest absolute Gasteiger partial charge is 0.193 e. The molecule has 0 heterocycles. The predicted molar refractivity (Wildman–Crippen MR) is 81.0 cm³/mol. The van der Waals surface area contributed by atoms with Gasteiger partial charge in [-0.05, 0) is 30.4 Å². The van der Waals surface area contributed by atoms with Crippen molar-refractivity contribution >= 4 is 11.9 Å². The molecule has 0 aliphatic rings. The number of phenolic OH excluding ortho intramolecular Hbond substituents is 1. The van der Waals surface area contributed by atoms with Gasteiger partial charge in [0, 0.05) is 5.56 Å². The first-order valence-electron chi connectivity index (χ1n) is 6.38. The molecular weight excluding hydrogens is 268 g/mol. The quantitative estimate of drug-likeness (QED) is 0.676. The molecule has 0 fully saturated rings. The normalized spacial score (nSPS) is 10.6. The van der Waals surface area contributed by atoms with E-state index in [0.717, 1.165) is 5.56 Å². The van der Waals surface area contributed by atoms with Crippen LogP contribution in [0.2, 0.25) is 0 Å². The number of aromatic hydroxyl groups is 1. The van der Waals surface area contributed by atoms with Crippen LogP contribution in [0.15, 0.2) is 48.5 Å². The molecule has 1 N–H and O–H groups in total. The summed E-state index contributed by atoms with van der Waals surface area (Å²) >= 11 is 0. The summed E-state index contributed by atoms with van der Waals surface area (Å²) < 4.78 is 10.3. The Morgan fingerprint density at radius 1 is 1.00 bits per heavy atom. The van der Waals surface area contributed by atoms with Crippen molar-refractivity contribution in [2.45, 2.75) is 0 Å². The average molecular weight is 284 g/mol. The lowest BCUT2D eigenvalue weighted by Gasteiger charge is -2.07. The van der Waals surface area contributed by atoms with Crippen LogP contribution in [-0.2, 0) is 0 Å². The van der Waals surface area contributed by atoms with Gasteiger partial charge in [-0.15, -0.1) is 0 Å². The molecule has 2 aromatic rings. The minimum absolute atomic E-state index is 0.107. The fraction of sp³-hybridized carbons (Fsp3) is 0.118. The lowest BCUT2D eigenvalue weighted by Crippen LogP contribution is -1.99. The molecule has 0 saturated heterocycles. The van der Waals surface area contributed by atoms with Crippen LogP contribution < -0.4 is 9.47 Å². The van der Waals surface area contributed by atoms with Gasteiger partial charge in [-0.2, -0.15) is 0 Å². The Bertz CT molecular complexity index is 674. The zero-order valence-corrected chi connectivity index (χ0v) is 11.9. The van der Waals surface area contributed by atoms with Crippen LogP contribution in [0.3, 0.4) is 0 Å². The van der Waals surface area contributed by atoms with E-state index in [1.54, 1.807) is 25.3 Å². The monoisotopic (exact) mass is 284 g/mol. The maximum Gasteiger partial charge on any atom is 0.193 e. The van der Waals surface area contributed by atoms with Crippen LogP contribution in [0, 0.1) is 0 Å². The van der Waals surface area contributed by atoms with Crippen LogP contribution in [-0.4, -0.2) is 25.1 Å². The number of rotatable bonds is 5. The molecule has 2 rings (SSSR count). The standard InChI is InChI=1S/C17H16O4/c1-20-15-8-4-3-6-12(15)10-11-14(19)17-13(18)7-5-9-16(17)21-2/h3-11,18H,1-2H3/b11-10+. The predicted octanol–water partition coefficient (Wildman–Crippen LogP) is 3.31. The Balaban J connectivity index is 2.32. The van der Waals surface area contributed by atoms with Crippen LogP contribution >= 0.6 is 0 Å². The van der Waals surface area contributed by atoms with Gasteiger partial charge >= 0.3 is 0 Å². The van der Waals surface area contributed by atoms with Crippen molar-refractivity contribution < 1.29 is 19.4 Å². The molecule has 0 aliphatic heterocycles. The van der Waals surface area contributed by atoms with E-state index in [1.165, 1.54) is 19.3 Å². The summed E-state index contributed by atoms with van der Waals surface area (Å²) in [5, 5.41) is 9.83. The van der Waals surface area contributed by atoms with Gasteiger partial charge in [0.25, 0.3) is 0 Å². The van der Waals surface area contributed by atoms with Crippen molar-refractivity contribution in [2.75, 3.05) is 14.2 Å². The first-order chi connectivity index (χ1) is 10.2. The first kappa shape index (κ1) is 14.7. The summed E-state index contributed by atoms with van der Waals surface area (Å²) in [6.45, 7) is 0. The molecule has 0 saturated carbocycles. The number of phenols is 1. The van der Waals surface area contributed by atoms with Crippen LogP contribution in [0.1, 0.15) is 15.9 Å². The molecule has 4 heteroatoms. The second kappa shape index (κ2) is 6.61. The van der Waals surface area contributed by atoms with Crippen molar-refractivity contribution in [3.63, 3.8) is 0 Å². The molecule has 0 aliphatic carbocycles. The number of hydrogen-bond donors (Lipinski definition) is 1. The van der Waals surface area contributed by atoms with Crippen LogP contribution in [0.25, 0.3) is 6.08 Å². The third-order valence-corrected chi connectivity index (χ3v) is 3.02. The van der Waals surface area contributed by atoms with Crippen molar-refractivity contribution in [3.8, 4) is 17.2 Å². The summed E-state index contributed by atoms with van der Waals surface area (Å²) in [7, 11) is 3.02. The minimum atomic E-state index is -0.337. The fourth-order valence-electron chi connectivity index (χ4n) is 1.99. The second-order valence-electron chi connectivity index (χ2n) is 4.29. The Morgan fingerprint density at radius 3 is 2.38 bits per heavy atom. The van der Waals surface area contributed by atoms with E-state index in [4.69, 9.17) is 9.47 Å². The lowest BCUT2D eigenvalue weighted by molar-refractivity contribution is 0.104. The average Bonchev–Trinajstić information content (AvgIpc) is 2.52. The van der Waals surface area contributed by atoms with Crippen molar-refractivity contribution in [1.82, 2.24) is 0 Å². The number of allylic oxidation sites excluding steroid dienone is 1. The Morgan fingerprint density at radius 2 is 1.67 bits per heavy atom. The summed E-state index contributed by atoms with van der Waals surface area (Å²) in [4.78, 5) is 12.3. The third kappa shape index (κ3) is 3.23. The zero-order chi connectivity index (χ0) is 15.2. The molecule has 0 amide bonds. The van der Waals surface area contributed by atoms with E-state index in [2.05, 4.69) is 0 Å². The molecule has 0 bridgehead atoms. The number of para-hydroxylation sites is 1. The van der Waals surface area contributed by atoms with Gasteiger partial charge < -0.3 is 14.6 Å². The van der Waals surface area contributed by atoms with Crippen molar-refractivity contribution in [1.29, 1.82) is 0 Å². The highest BCUT2D eigenvalue weighted by Gasteiger charge is 2.14. The molecule has 21 heavy (non-hydrogen) atoms. The van der Waals surface area contributed by atoms with Gasteiger partial charge in [-0.3, -0.25) is 4.79 Å². The molecule has 0 atom stereocenters. The maximum atomic E-state index is 12.3. The summed E-state index contributed by atoms with van der Waals surface area (Å²) in [5.41, 5.74) is 0.925. The first-order valence-corrected chi connectivity index (χ1v) is 6.38. The SMILES string of the molecule is COc1ccccc1/C=C/C(=O)c1c(O)cccc1OC. The Labute approximate surface area is 123 Å². The molecular formula is C17H16O4. The Hall–Kier alpha value is -2.75. The number of carbonyl (C=O) groups excluding carboxylic acids is 1. The van der Waals surface area contributed by atoms with E-state index < -0.39 is 0 Å². The van der Waals surface area contributed by atoms with Gasteiger partial charge in [0.2, 0.25) is 0 Å². The third-order valence-electron chi connectivity index (χ3n) is 3.02. The van der Waals surface area contributed by atoms with Gasteiger partial charge in [0.05, 0.1) is 14.2 Å². The van der Waals surface area contributed by atoms with E-state index >= 15 is 0 Å². The summed E-state index contributed by atoms with van der Waals surface area (Å²) in [5.74, 6) is 0.565. The topological polar surface area (TPSA) is 55.8 Å². The van der Waals surface area contributed by atoms with Crippen LogP contribution in [0.4, 0.5) is 0 Å². The highest BCUT2D eigenvalue weighted by molar-refractivity contribution is 6.10. The molecule has 108 valence electrons. The number of benzene rings is 2. The van der Waals surface area contributed by atoms with E-state index in [1.807, 2.05) is 24.3 Å². The molecule has 4 nitrogen and oxygen atoms in total. The molecule has 0 radical (unpaired) electrons. The lowest BCUT2D eigenvalue weighted by atomic mass is 10.1. The van der Waals surface area contributed by atoms with E-state index in [-0.39, 0.29) is 17.1 Å². The highest BCUT2D eigenvalue weighted by Crippen LogP contribution is 2.28. The summed E-state index contributed by atoms with van der Waals surface area (Å²) in [6.07, 6.45) is 3.03. The van der Waals surface area contributed by atoms with Gasteiger partial charge in [0.15, 0.2) is 5.78 Å². The maximum absolute atomic E-state index is 12.3. The zero-order valence-electron chi connectivity index (χ0n) is 11.9. The van der Waals surface area contributed by atoms with E-state index in [9.17, 15) is 9.90 Å². The largest absolute Gasteiger partial charge is 0.507 e. The molecule has 0 aromatic heterocycles. The Kier molecular flexibility index (Phi) is 4.61. The number of carbonyl (C=O) groups is 1. The minimum Gasteiger partial charge on any atom is -0.507 e. The number of methoxy groups -OCH3 is 2. The van der Waals surface area contributed by atoms with Crippen molar-refractivity contribution in [2.24, 2.45) is 0 Å². The highest BCUT2D eigenvalue weighted by atomic mass is 16.5. The van der Waals surface area contributed by atoms with Gasteiger partial charge in [-0.1, -0.05) is 24.3 Å². The number of ether oxygens (including phenoxy) is 2. The van der Waals surface area contributed by atoms with Crippen molar-refractivity contribution in [3.05, 3.63) is 59.7 Å². The van der Waals surface area contributed by atoms with E-state index in [0.29, 0.717) is 11.5 Å².